The highest BCUT2D eigenvalue weighted by Gasteiger charge is 2.19. The minimum absolute atomic E-state index is 0.00745. The summed E-state index contributed by atoms with van der Waals surface area (Å²) in [6.45, 7) is 7.04. The third-order valence-corrected chi connectivity index (χ3v) is 5.69. The van der Waals surface area contributed by atoms with E-state index >= 15 is 0 Å². The number of carbonyl (C=O) groups is 2. The normalized spacial score (nSPS) is 11.3. The van der Waals surface area contributed by atoms with E-state index in [0.717, 1.165) is 0 Å². The van der Waals surface area contributed by atoms with Gasteiger partial charge in [0.15, 0.2) is 0 Å². The van der Waals surface area contributed by atoms with Gasteiger partial charge in [0.1, 0.15) is 0 Å². The molecule has 0 saturated heterocycles. The Bertz CT molecular complexity index is 1010. The van der Waals surface area contributed by atoms with E-state index in [0.29, 0.717) is 22.4 Å². The van der Waals surface area contributed by atoms with Gasteiger partial charge in [-0.15, -0.1) is 0 Å². The number of rotatable bonds is 6. The molecule has 0 heterocycles. The monoisotopic (exact) mass is 390 g/mol. The first-order valence-electron chi connectivity index (χ1n) is 8.33. The molecule has 7 nitrogen and oxygen atoms in total. The predicted molar refractivity (Wildman–Crippen MR) is 103 cm³/mol. The van der Waals surface area contributed by atoms with Crippen LogP contribution in [0, 0.1) is 20.8 Å². The number of hydrogen-bond donors (Lipinski definition) is 3. The summed E-state index contributed by atoms with van der Waals surface area (Å²) in [6.07, 6.45) is 0. The molecule has 144 valence electrons. The molecule has 2 aromatic rings. The van der Waals surface area contributed by atoms with E-state index in [9.17, 15) is 23.1 Å². The molecule has 0 aliphatic rings. The number of carbonyl (C=O) groups excluding carboxylic acids is 1. The molecule has 3 N–H and O–H groups in total. The van der Waals surface area contributed by atoms with E-state index in [1.807, 2.05) is 0 Å². The number of sulfonamides is 1. The number of aromatic carboxylic acids is 1. The van der Waals surface area contributed by atoms with Gasteiger partial charge in [0.25, 0.3) is 5.91 Å². The lowest BCUT2D eigenvalue weighted by Gasteiger charge is -2.13. The van der Waals surface area contributed by atoms with Crippen molar-refractivity contribution >= 4 is 27.6 Å². The number of nitrogens with one attached hydrogen (secondary N) is 2. The quantitative estimate of drug-likeness (QED) is 0.702. The van der Waals surface area contributed by atoms with E-state index in [-0.39, 0.29) is 22.6 Å². The molecule has 0 fully saturated rings. The lowest BCUT2D eigenvalue weighted by molar-refractivity contribution is 0.0695. The van der Waals surface area contributed by atoms with Crippen LogP contribution in [0.3, 0.4) is 0 Å². The van der Waals surface area contributed by atoms with Gasteiger partial charge in [-0.1, -0.05) is 19.1 Å². The third kappa shape index (κ3) is 4.53. The van der Waals surface area contributed by atoms with Gasteiger partial charge in [0, 0.05) is 17.8 Å². The topological polar surface area (TPSA) is 113 Å². The standard InChI is InChI=1S/C19H22N2O5S/c1-5-20-27(25,26)14-7-6-11(2)15(9-14)18(22)21-17-10-16(19(23)24)12(3)8-13(17)4/h6-10,20H,5H2,1-4H3,(H,21,22)(H,23,24). The summed E-state index contributed by atoms with van der Waals surface area (Å²) < 4.78 is 26.7. The van der Waals surface area contributed by atoms with Crippen LogP contribution in [0.4, 0.5) is 5.69 Å². The summed E-state index contributed by atoms with van der Waals surface area (Å²) in [5, 5.41) is 11.9. The largest absolute Gasteiger partial charge is 0.478 e. The van der Waals surface area contributed by atoms with Crippen LogP contribution in [0.1, 0.15) is 44.3 Å². The molecular formula is C19H22N2O5S. The summed E-state index contributed by atoms with van der Waals surface area (Å²) >= 11 is 0. The molecule has 0 bridgehead atoms. The SMILES string of the molecule is CCNS(=O)(=O)c1ccc(C)c(C(=O)Nc2cc(C(=O)O)c(C)cc2C)c1. The average molecular weight is 390 g/mol. The van der Waals surface area contributed by atoms with Crippen LogP contribution in [0.15, 0.2) is 35.2 Å². The Labute approximate surface area is 158 Å². The molecule has 2 rings (SSSR count). The molecule has 0 atom stereocenters. The predicted octanol–water partition coefficient (Wildman–Crippen LogP) is 2.86. The van der Waals surface area contributed by atoms with Crippen molar-refractivity contribution in [3.8, 4) is 0 Å². The fourth-order valence-electron chi connectivity index (χ4n) is 2.69. The first-order valence-corrected chi connectivity index (χ1v) is 9.81. The average Bonchev–Trinajstić information content (AvgIpc) is 2.56. The zero-order chi connectivity index (χ0) is 20.4. The second-order valence-corrected chi connectivity index (χ2v) is 7.99. The van der Waals surface area contributed by atoms with E-state index < -0.39 is 21.9 Å². The first-order chi connectivity index (χ1) is 12.6. The molecule has 0 aliphatic heterocycles. The minimum Gasteiger partial charge on any atom is -0.478 e. The Balaban J connectivity index is 2.42. The molecule has 0 radical (unpaired) electrons. The molecule has 1 amide bonds. The van der Waals surface area contributed by atoms with Crippen molar-refractivity contribution in [1.29, 1.82) is 0 Å². The molecule has 0 aliphatic carbocycles. The smallest absolute Gasteiger partial charge is 0.336 e. The van der Waals surface area contributed by atoms with Gasteiger partial charge in [-0.05, 0) is 55.7 Å². The second kappa shape index (κ2) is 7.89. The van der Waals surface area contributed by atoms with Crippen LogP contribution in [0.5, 0.6) is 0 Å². The summed E-state index contributed by atoms with van der Waals surface area (Å²) in [4.78, 5) is 24.0. The third-order valence-electron chi connectivity index (χ3n) is 4.15. The minimum atomic E-state index is -3.70. The molecule has 27 heavy (non-hydrogen) atoms. The molecule has 0 saturated carbocycles. The zero-order valence-electron chi connectivity index (χ0n) is 15.6. The van der Waals surface area contributed by atoms with Crippen LogP contribution < -0.4 is 10.0 Å². The second-order valence-electron chi connectivity index (χ2n) is 6.22. The van der Waals surface area contributed by atoms with Gasteiger partial charge in [-0.3, -0.25) is 4.79 Å². The molecular weight excluding hydrogens is 368 g/mol. The molecule has 0 unspecified atom stereocenters. The van der Waals surface area contributed by atoms with Gasteiger partial charge in [0.2, 0.25) is 10.0 Å². The van der Waals surface area contributed by atoms with Gasteiger partial charge in [-0.2, -0.15) is 0 Å². The Morgan fingerprint density at radius 2 is 1.63 bits per heavy atom. The number of benzene rings is 2. The number of carboxylic acid groups (broad SMARTS) is 1. The number of carboxylic acids is 1. The number of amides is 1. The Morgan fingerprint density at radius 1 is 0.963 bits per heavy atom. The van der Waals surface area contributed by atoms with Crippen LogP contribution >= 0.6 is 0 Å². The van der Waals surface area contributed by atoms with Crippen LogP contribution in [-0.2, 0) is 10.0 Å². The van der Waals surface area contributed by atoms with Crippen molar-refractivity contribution in [3.63, 3.8) is 0 Å². The van der Waals surface area contributed by atoms with Crippen molar-refractivity contribution in [2.24, 2.45) is 0 Å². The highest BCUT2D eigenvalue weighted by Crippen LogP contribution is 2.23. The Hall–Kier alpha value is -2.71. The fraction of sp³-hybridized carbons (Fsp3) is 0.263. The first kappa shape index (κ1) is 20.6. The molecule has 0 aromatic heterocycles. The van der Waals surface area contributed by atoms with E-state index in [4.69, 9.17) is 0 Å². The molecule has 0 spiro atoms. The summed E-state index contributed by atoms with van der Waals surface area (Å²) in [7, 11) is -3.70. The van der Waals surface area contributed by atoms with Gasteiger partial charge in [0.05, 0.1) is 10.5 Å². The molecule has 2 aromatic carbocycles. The number of hydrogen-bond acceptors (Lipinski definition) is 4. The fourth-order valence-corrected chi connectivity index (χ4v) is 3.76. The summed E-state index contributed by atoms with van der Waals surface area (Å²) in [5.41, 5.74) is 2.56. The van der Waals surface area contributed by atoms with E-state index in [2.05, 4.69) is 10.0 Å². The maximum atomic E-state index is 12.7. The Morgan fingerprint density at radius 3 is 2.22 bits per heavy atom. The van der Waals surface area contributed by atoms with Crippen molar-refractivity contribution in [1.82, 2.24) is 4.72 Å². The lowest BCUT2D eigenvalue weighted by Crippen LogP contribution is -2.24. The summed E-state index contributed by atoms with van der Waals surface area (Å²) in [6, 6.07) is 7.38. The maximum absolute atomic E-state index is 12.7. The van der Waals surface area contributed by atoms with Gasteiger partial charge in [-0.25, -0.2) is 17.9 Å². The van der Waals surface area contributed by atoms with Gasteiger partial charge >= 0.3 is 5.97 Å². The van der Waals surface area contributed by atoms with Crippen molar-refractivity contribution in [3.05, 3.63) is 58.1 Å². The van der Waals surface area contributed by atoms with Crippen LogP contribution in [-0.4, -0.2) is 31.9 Å². The van der Waals surface area contributed by atoms with Crippen LogP contribution in [0.2, 0.25) is 0 Å². The Kier molecular flexibility index (Phi) is 6.02. The highest BCUT2D eigenvalue weighted by molar-refractivity contribution is 7.89. The van der Waals surface area contributed by atoms with E-state index in [1.165, 1.54) is 18.2 Å². The van der Waals surface area contributed by atoms with Crippen molar-refractivity contribution in [2.45, 2.75) is 32.6 Å². The highest BCUT2D eigenvalue weighted by atomic mass is 32.2. The van der Waals surface area contributed by atoms with Crippen molar-refractivity contribution in [2.75, 3.05) is 11.9 Å². The number of anilines is 1. The maximum Gasteiger partial charge on any atom is 0.336 e. The van der Waals surface area contributed by atoms with E-state index in [1.54, 1.807) is 39.8 Å². The molecule has 8 heteroatoms. The van der Waals surface area contributed by atoms with Crippen molar-refractivity contribution < 1.29 is 23.1 Å². The van der Waals surface area contributed by atoms with Gasteiger partial charge < -0.3 is 10.4 Å². The summed E-state index contributed by atoms with van der Waals surface area (Å²) in [5.74, 6) is -1.60. The zero-order valence-corrected chi connectivity index (χ0v) is 16.4. The number of aryl methyl sites for hydroxylation is 3. The van der Waals surface area contributed by atoms with Crippen LogP contribution in [0.25, 0.3) is 0 Å². The lowest BCUT2D eigenvalue weighted by atomic mass is 10.0.